The molecule has 9 nitrogen and oxygen atoms in total. The molecule has 1 aromatic heterocycles. The first-order valence-corrected chi connectivity index (χ1v) is 15.7. The molecule has 42 heavy (non-hydrogen) atoms. The molecular weight excluding hydrogens is 532 g/mol. The lowest BCUT2D eigenvalue weighted by molar-refractivity contribution is -0.156. The molecule has 5 rings (SSSR count). The number of amides is 1. The molecule has 1 aromatic carbocycles. The lowest BCUT2D eigenvalue weighted by atomic mass is 9.89. The van der Waals surface area contributed by atoms with E-state index < -0.39 is 5.60 Å². The number of hydrogen-bond acceptors (Lipinski definition) is 7. The lowest BCUT2D eigenvalue weighted by Gasteiger charge is -2.47. The number of benzene rings is 1. The largest absolute Gasteiger partial charge is 0.460 e. The molecule has 2 saturated heterocycles. The first-order chi connectivity index (χ1) is 20.2. The highest BCUT2D eigenvalue weighted by Gasteiger charge is 2.41. The molecule has 9 heteroatoms. The number of likely N-dealkylation sites (tertiary alicyclic amines) is 1. The molecule has 1 aliphatic carbocycles. The third-order valence-electron chi connectivity index (χ3n) is 8.42. The van der Waals surface area contributed by atoms with E-state index in [1.165, 1.54) is 24.0 Å². The van der Waals surface area contributed by atoms with Gasteiger partial charge in [-0.1, -0.05) is 24.3 Å². The molecule has 0 bridgehead atoms. The van der Waals surface area contributed by atoms with Crippen molar-refractivity contribution in [2.45, 2.75) is 83.5 Å². The summed E-state index contributed by atoms with van der Waals surface area (Å²) in [6, 6.07) is 10.6. The minimum absolute atomic E-state index is 0.0305. The zero-order valence-corrected chi connectivity index (χ0v) is 25.7. The Kier molecular flexibility index (Phi) is 10.0. The number of aromatic nitrogens is 2. The van der Waals surface area contributed by atoms with Crippen LogP contribution in [0.5, 0.6) is 0 Å². The molecule has 230 valence electrons. The van der Waals surface area contributed by atoms with Crippen molar-refractivity contribution in [1.82, 2.24) is 19.6 Å². The average molecular weight is 581 g/mol. The van der Waals surface area contributed by atoms with Crippen LogP contribution in [0.1, 0.15) is 74.5 Å². The third kappa shape index (κ3) is 9.12. The topological polar surface area (TPSA) is 86.1 Å². The Morgan fingerprint density at radius 1 is 1.05 bits per heavy atom. The minimum atomic E-state index is -0.459. The second-order valence-corrected chi connectivity index (χ2v) is 13.2. The van der Waals surface area contributed by atoms with Crippen LogP contribution in [-0.2, 0) is 38.4 Å². The van der Waals surface area contributed by atoms with Gasteiger partial charge in [-0.05, 0) is 82.4 Å². The standard InChI is InChI=1S/C33H48N4O5/c1-32(2,3)42-30(38)12-21-40-20-11-27-6-4-5-26(23-27)9-15-35-17-13-33(14-18-35)25-36(19-22-41-33)31(39)29-10-16-37(34-29)24-28-7-8-28/h4-6,10,16,23,28H,7-9,11-15,17-22,24-25H2,1-3H3. The zero-order chi connectivity index (χ0) is 29.6. The Labute approximate surface area is 250 Å². The number of esters is 1. The normalized spacial score (nSPS) is 19.3. The molecule has 3 aliphatic rings. The van der Waals surface area contributed by atoms with Gasteiger partial charge in [0.1, 0.15) is 11.3 Å². The number of morpholine rings is 1. The summed E-state index contributed by atoms with van der Waals surface area (Å²) in [5.74, 6) is 0.542. The van der Waals surface area contributed by atoms with E-state index in [4.69, 9.17) is 14.2 Å². The quantitative estimate of drug-likeness (QED) is 0.276. The van der Waals surface area contributed by atoms with E-state index in [0.717, 1.165) is 57.8 Å². The van der Waals surface area contributed by atoms with Gasteiger partial charge in [0, 0.05) is 38.9 Å². The second-order valence-electron chi connectivity index (χ2n) is 13.2. The van der Waals surface area contributed by atoms with Crippen molar-refractivity contribution in [3.05, 3.63) is 53.3 Å². The van der Waals surface area contributed by atoms with Crippen LogP contribution in [0.4, 0.5) is 0 Å². The predicted molar refractivity (Wildman–Crippen MR) is 160 cm³/mol. The monoisotopic (exact) mass is 580 g/mol. The summed E-state index contributed by atoms with van der Waals surface area (Å²) in [6.45, 7) is 12.3. The van der Waals surface area contributed by atoms with Crippen LogP contribution in [0, 0.1) is 5.92 Å². The SMILES string of the molecule is CC(C)(C)OC(=O)CCOCCc1cccc(CCN2CCC3(CC2)CN(C(=O)c2ccn(CC4CC4)n2)CCO3)c1. The van der Waals surface area contributed by atoms with Crippen LogP contribution in [0.3, 0.4) is 0 Å². The van der Waals surface area contributed by atoms with Crippen molar-refractivity contribution in [3.8, 4) is 0 Å². The van der Waals surface area contributed by atoms with Crippen LogP contribution in [0.2, 0.25) is 0 Å². The van der Waals surface area contributed by atoms with Gasteiger partial charge < -0.3 is 24.0 Å². The van der Waals surface area contributed by atoms with Crippen LogP contribution in [0.15, 0.2) is 36.5 Å². The van der Waals surface area contributed by atoms with Crippen LogP contribution >= 0.6 is 0 Å². The molecular formula is C33H48N4O5. The van der Waals surface area contributed by atoms with Gasteiger partial charge in [-0.2, -0.15) is 5.10 Å². The van der Waals surface area contributed by atoms with Gasteiger partial charge in [0.05, 0.1) is 38.4 Å². The molecule has 1 amide bonds. The minimum Gasteiger partial charge on any atom is -0.460 e. The Morgan fingerprint density at radius 2 is 1.81 bits per heavy atom. The average Bonchev–Trinajstić information content (AvgIpc) is 3.65. The highest BCUT2D eigenvalue weighted by molar-refractivity contribution is 5.92. The summed E-state index contributed by atoms with van der Waals surface area (Å²) in [5.41, 5.74) is 2.43. The number of hydrogen-bond donors (Lipinski definition) is 0. The Bertz CT molecular complexity index is 1190. The summed E-state index contributed by atoms with van der Waals surface area (Å²) in [7, 11) is 0. The fourth-order valence-electron chi connectivity index (χ4n) is 5.88. The number of nitrogens with zero attached hydrogens (tertiary/aromatic N) is 4. The molecule has 3 fully saturated rings. The van der Waals surface area contributed by atoms with Gasteiger partial charge in [-0.3, -0.25) is 14.3 Å². The summed E-state index contributed by atoms with van der Waals surface area (Å²) < 4.78 is 19.3. The molecule has 1 saturated carbocycles. The van der Waals surface area contributed by atoms with E-state index in [1.807, 2.05) is 42.6 Å². The molecule has 1 spiro atoms. The second kappa shape index (κ2) is 13.7. The predicted octanol–water partition coefficient (Wildman–Crippen LogP) is 4.13. The number of carbonyl (C=O) groups is 2. The summed E-state index contributed by atoms with van der Waals surface area (Å²) in [6.07, 6.45) is 8.46. The van der Waals surface area contributed by atoms with Crippen molar-refractivity contribution in [2.24, 2.45) is 5.92 Å². The van der Waals surface area contributed by atoms with E-state index in [2.05, 4.69) is 34.3 Å². The maximum atomic E-state index is 13.2. The maximum absolute atomic E-state index is 13.2. The first kappa shape index (κ1) is 30.7. The number of carbonyl (C=O) groups excluding carboxylic acids is 2. The van der Waals surface area contributed by atoms with Gasteiger partial charge in [0.15, 0.2) is 0 Å². The number of ether oxygens (including phenoxy) is 3. The van der Waals surface area contributed by atoms with Gasteiger partial charge in [-0.25, -0.2) is 0 Å². The van der Waals surface area contributed by atoms with Gasteiger partial charge in [0.2, 0.25) is 0 Å². The highest BCUT2D eigenvalue weighted by atomic mass is 16.6. The summed E-state index contributed by atoms with van der Waals surface area (Å²) >= 11 is 0. The number of piperidine rings is 1. The van der Waals surface area contributed by atoms with Crippen molar-refractivity contribution >= 4 is 11.9 Å². The van der Waals surface area contributed by atoms with Crippen LogP contribution in [0.25, 0.3) is 0 Å². The van der Waals surface area contributed by atoms with E-state index in [1.54, 1.807) is 0 Å². The van der Waals surface area contributed by atoms with E-state index in [9.17, 15) is 9.59 Å². The first-order valence-electron chi connectivity index (χ1n) is 15.7. The Morgan fingerprint density at radius 3 is 2.55 bits per heavy atom. The molecule has 0 unspecified atom stereocenters. The van der Waals surface area contributed by atoms with Crippen LogP contribution in [-0.4, -0.2) is 95.2 Å². The molecule has 0 radical (unpaired) electrons. The number of rotatable bonds is 12. The highest BCUT2D eigenvalue weighted by Crippen LogP contribution is 2.32. The zero-order valence-electron chi connectivity index (χ0n) is 25.7. The van der Waals surface area contributed by atoms with E-state index in [0.29, 0.717) is 38.6 Å². The van der Waals surface area contributed by atoms with Crippen molar-refractivity contribution in [2.75, 3.05) is 52.5 Å². The Hall–Kier alpha value is -2.75. The smallest absolute Gasteiger partial charge is 0.308 e. The fraction of sp³-hybridized carbons (Fsp3) is 0.667. The van der Waals surface area contributed by atoms with E-state index in [-0.39, 0.29) is 23.9 Å². The molecule has 3 heterocycles. The lowest BCUT2D eigenvalue weighted by Crippen LogP contribution is -2.58. The Balaban J connectivity index is 1.01. The van der Waals surface area contributed by atoms with Crippen molar-refractivity contribution in [3.63, 3.8) is 0 Å². The van der Waals surface area contributed by atoms with Crippen LogP contribution < -0.4 is 0 Å². The summed E-state index contributed by atoms with van der Waals surface area (Å²) in [5, 5.41) is 4.56. The van der Waals surface area contributed by atoms with Gasteiger partial charge >= 0.3 is 5.97 Å². The molecule has 2 aromatic rings. The fourth-order valence-corrected chi connectivity index (χ4v) is 5.88. The van der Waals surface area contributed by atoms with Gasteiger partial charge in [-0.15, -0.1) is 0 Å². The molecule has 2 aliphatic heterocycles. The van der Waals surface area contributed by atoms with Crippen molar-refractivity contribution in [1.29, 1.82) is 0 Å². The molecule has 0 N–H and O–H groups in total. The maximum Gasteiger partial charge on any atom is 0.308 e. The third-order valence-corrected chi connectivity index (χ3v) is 8.42. The van der Waals surface area contributed by atoms with E-state index >= 15 is 0 Å². The van der Waals surface area contributed by atoms with Gasteiger partial charge in [0.25, 0.3) is 5.91 Å². The summed E-state index contributed by atoms with van der Waals surface area (Å²) in [4.78, 5) is 29.5. The van der Waals surface area contributed by atoms with Crippen molar-refractivity contribution < 1.29 is 23.8 Å². The molecule has 0 atom stereocenters.